The van der Waals surface area contributed by atoms with Crippen LogP contribution >= 0.6 is 0 Å². The van der Waals surface area contributed by atoms with Crippen LogP contribution in [0.15, 0.2) is 24.8 Å². The molecule has 154 valence electrons. The SMILES string of the molecule is C=CC=CCC.CCCCCCCCCCCCCCCCCC(=O)[O-].[Na+]. The smallest absolute Gasteiger partial charge is 0.550 e. The minimum Gasteiger partial charge on any atom is -0.550 e. The molecule has 0 N–H and O–H groups in total. The number of carboxylic acid groups (broad SMARTS) is 1. The second kappa shape index (κ2) is 30.7. The van der Waals surface area contributed by atoms with Gasteiger partial charge in [0.05, 0.1) is 0 Å². The van der Waals surface area contributed by atoms with E-state index in [4.69, 9.17) is 0 Å². The number of unbranched alkanes of at least 4 members (excludes halogenated alkanes) is 14. The molecule has 0 fully saturated rings. The van der Waals surface area contributed by atoms with Gasteiger partial charge in [0, 0.05) is 5.97 Å². The molecule has 0 aliphatic carbocycles. The summed E-state index contributed by atoms with van der Waals surface area (Å²) in [4.78, 5) is 10.2. The molecule has 0 aromatic rings. The van der Waals surface area contributed by atoms with Gasteiger partial charge in [-0.3, -0.25) is 0 Å². The molecule has 0 bridgehead atoms. The van der Waals surface area contributed by atoms with Gasteiger partial charge in [0.15, 0.2) is 0 Å². The van der Waals surface area contributed by atoms with E-state index in [1.165, 1.54) is 83.5 Å². The van der Waals surface area contributed by atoms with Crippen molar-refractivity contribution in [2.75, 3.05) is 0 Å². The zero-order valence-electron chi connectivity index (χ0n) is 18.8. The number of carboxylic acids is 1. The average Bonchev–Trinajstić information content (AvgIpc) is 2.63. The first-order valence-corrected chi connectivity index (χ1v) is 11.2. The zero-order chi connectivity index (χ0) is 19.7. The molecule has 0 saturated heterocycles. The molecule has 0 spiro atoms. The van der Waals surface area contributed by atoms with E-state index in [0.717, 1.165) is 19.3 Å². The third-order valence-electron chi connectivity index (χ3n) is 4.49. The van der Waals surface area contributed by atoms with Crippen molar-refractivity contribution >= 4 is 5.97 Å². The zero-order valence-corrected chi connectivity index (χ0v) is 20.8. The van der Waals surface area contributed by atoms with Gasteiger partial charge in [-0.15, -0.1) is 0 Å². The topological polar surface area (TPSA) is 40.1 Å². The maximum absolute atomic E-state index is 10.2. The Morgan fingerprint density at radius 2 is 1.11 bits per heavy atom. The molecule has 27 heavy (non-hydrogen) atoms. The number of carbonyl (C=O) groups excluding carboxylic acids is 1. The molecule has 0 heterocycles. The van der Waals surface area contributed by atoms with Crippen molar-refractivity contribution in [2.45, 2.75) is 123 Å². The van der Waals surface area contributed by atoms with Gasteiger partial charge in [0.1, 0.15) is 0 Å². The van der Waals surface area contributed by atoms with Gasteiger partial charge in [0.25, 0.3) is 0 Å². The van der Waals surface area contributed by atoms with E-state index in [9.17, 15) is 9.90 Å². The van der Waals surface area contributed by atoms with Crippen LogP contribution in [0, 0.1) is 0 Å². The van der Waals surface area contributed by atoms with E-state index in [2.05, 4.69) is 26.5 Å². The monoisotopic (exact) mass is 388 g/mol. The van der Waals surface area contributed by atoms with Gasteiger partial charge in [-0.1, -0.05) is 129 Å². The number of hydrogen-bond donors (Lipinski definition) is 0. The molecule has 0 amide bonds. The summed E-state index contributed by atoms with van der Waals surface area (Å²) in [5, 5.41) is 10.2. The summed E-state index contributed by atoms with van der Waals surface area (Å²) in [6, 6.07) is 0. The van der Waals surface area contributed by atoms with E-state index in [1.54, 1.807) is 6.08 Å². The Kier molecular flexibility index (Phi) is 35.9. The Morgan fingerprint density at radius 3 is 1.37 bits per heavy atom. The minimum absolute atomic E-state index is 0. The number of rotatable bonds is 18. The first-order chi connectivity index (χ1) is 12.7. The number of aliphatic carboxylic acids is 1. The van der Waals surface area contributed by atoms with Gasteiger partial charge < -0.3 is 9.90 Å². The van der Waals surface area contributed by atoms with E-state index in [0.29, 0.717) is 0 Å². The molecule has 0 aromatic carbocycles. The van der Waals surface area contributed by atoms with Crippen molar-refractivity contribution < 1.29 is 39.5 Å². The van der Waals surface area contributed by atoms with Crippen LogP contribution in [0.2, 0.25) is 0 Å². The Balaban J connectivity index is -0.000000709. The molecule has 3 heteroatoms. The molecule has 0 atom stereocenters. The standard InChI is InChI=1S/C18H36O2.C6H10.Na/c1-2-3-4-5-6-7-8-9-10-11-12-13-14-15-16-17-18(19)20;1-3-5-6-4-2;/h2-17H2,1H3,(H,19,20);3,5-6H,1,4H2,2H3;/q;;+1/p-1. The van der Waals surface area contributed by atoms with Crippen LogP contribution in [0.1, 0.15) is 123 Å². The van der Waals surface area contributed by atoms with Crippen LogP contribution in [0.3, 0.4) is 0 Å². The van der Waals surface area contributed by atoms with Gasteiger partial charge in [-0.25, -0.2) is 0 Å². The molecule has 0 aliphatic heterocycles. The first kappa shape index (κ1) is 31.6. The van der Waals surface area contributed by atoms with Crippen LogP contribution in [-0.4, -0.2) is 5.97 Å². The molecular weight excluding hydrogens is 343 g/mol. The fourth-order valence-electron chi connectivity index (χ4n) is 2.87. The third-order valence-corrected chi connectivity index (χ3v) is 4.49. The largest absolute Gasteiger partial charge is 1.00 e. The van der Waals surface area contributed by atoms with Crippen LogP contribution < -0.4 is 34.7 Å². The van der Waals surface area contributed by atoms with E-state index in [1.807, 2.05) is 6.08 Å². The van der Waals surface area contributed by atoms with Crippen molar-refractivity contribution in [2.24, 2.45) is 0 Å². The van der Waals surface area contributed by atoms with E-state index < -0.39 is 5.97 Å². The summed E-state index contributed by atoms with van der Waals surface area (Å²) >= 11 is 0. The van der Waals surface area contributed by atoms with Crippen molar-refractivity contribution in [1.82, 2.24) is 0 Å². The minimum atomic E-state index is -0.903. The van der Waals surface area contributed by atoms with Gasteiger partial charge in [-0.2, -0.15) is 0 Å². The fourth-order valence-corrected chi connectivity index (χ4v) is 2.87. The van der Waals surface area contributed by atoms with Crippen molar-refractivity contribution in [3.63, 3.8) is 0 Å². The van der Waals surface area contributed by atoms with E-state index >= 15 is 0 Å². The molecular formula is C24H45NaO2. The fraction of sp³-hybridized carbons (Fsp3) is 0.792. The first-order valence-electron chi connectivity index (χ1n) is 11.2. The summed E-state index contributed by atoms with van der Waals surface area (Å²) < 4.78 is 0. The summed E-state index contributed by atoms with van der Waals surface area (Å²) in [6.07, 6.45) is 26.7. The van der Waals surface area contributed by atoms with Crippen molar-refractivity contribution in [3.8, 4) is 0 Å². The predicted molar refractivity (Wildman–Crippen MR) is 114 cm³/mol. The van der Waals surface area contributed by atoms with Crippen LogP contribution in [0.25, 0.3) is 0 Å². The quantitative estimate of drug-likeness (QED) is 0.201. The molecule has 0 unspecified atom stereocenters. The summed E-state index contributed by atoms with van der Waals surface area (Å²) in [6.45, 7) is 7.88. The van der Waals surface area contributed by atoms with Crippen LogP contribution in [0.4, 0.5) is 0 Å². The van der Waals surface area contributed by atoms with Gasteiger partial charge in [-0.05, 0) is 19.3 Å². The molecule has 0 saturated carbocycles. The van der Waals surface area contributed by atoms with E-state index in [-0.39, 0.29) is 36.0 Å². The molecule has 0 rings (SSSR count). The molecule has 2 nitrogen and oxygen atoms in total. The van der Waals surface area contributed by atoms with Crippen LogP contribution in [-0.2, 0) is 4.79 Å². The van der Waals surface area contributed by atoms with Gasteiger partial charge in [0.2, 0.25) is 0 Å². The Morgan fingerprint density at radius 1 is 0.741 bits per heavy atom. The normalized spacial score (nSPS) is 10.1. The Labute approximate surface area is 192 Å². The maximum atomic E-state index is 10.2. The van der Waals surface area contributed by atoms with Crippen molar-refractivity contribution in [3.05, 3.63) is 24.8 Å². The second-order valence-corrected chi connectivity index (χ2v) is 7.14. The summed E-state index contributed by atoms with van der Waals surface area (Å²) in [5.41, 5.74) is 0. The Bertz CT molecular complexity index is 314. The van der Waals surface area contributed by atoms with Crippen LogP contribution in [0.5, 0.6) is 0 Å². The number of allylic oxidation sites excluding steroid dienone is 3. The van der Waals surface area contributed by atoms with Gasteiger partial charge >= 0.3 is 29.6 Å². The number of hydrogen-bond acceptors (Lipinski definition) is 2. The van der Waals surface area contributed by atoms with Crippen molar-refractivity contribution in [1.29, 1.82) is 0 Å². The molecule has 0 radical (unpaired) electrons. The molecule has 0 aromatic heterocycles. The maximum Gasteiger partial charge on any atom is 1.00 e. The summed E-state index contributed by atoms with van der Waals surface area (Å²) in [7, 11) is 0. The average molecular weight is 389 g/mol. The second-order valence-electron chi connectivity index (χ2n) is 7.14. The third kappa shape index (κ3) is 37.4. The summed E-state index contributed by atoms with van der Waals surface area (Å²) in [5.74, 6) is -0.903. The Hall–Kier alpha value is -0.0500. The predicted octanol–water partition coefficient (Wildman–Crippen LogP) is 4.14. The number of carbonyl (C=O) groups is 1. The molecule has 0 aliphatic rings.